The van der Waals surface area contributed by atoms with Crippen molar-refractivity contribution in [1.29, 1.82) is 0 Å². The fraction of sp³-hybridized carbons (Fsp3) is 0.0833. The molecule has 0 bridgehead atoms. The van der Waals surface area contributed by atoms with E-state index in [1.54, 1.807) is 54.6 Å². The molecule has 0 fully saturated rings. The maximum atomic E-state index is 13.1. The van der Waals surface area contributed by atoms with Crippen molar-refractivity contribution in [2.75, 3.05) is 7.11 Å². The van der Waals surface area contributed by atoms with E-state index < -0.39 is 11.9 Å². The molecule has 0 aliphatic carbocycles. The molecule has 0 saturated heterocycles. The zero-order chi connectivity index (χ0) is 23.1. The summed E-state index contributed by atoms with van der Waals surface area (Å²) in [6.45, 7) is 0.204. The molecule has 0 aromatic heterocycles. The molecule has 0 heterocycles. The van der Waals surface area contributed by atoms with Crippen LogP contribution in [-0.4, -0.2) is 24.1 Å². The molecule has 0 spiro atoms. The molecule has 6 nitrogen and oxygen atoms in total. The van der Waals surface area contributed by atoms with Crippen molar-refractivity contribution in [2.24, 2.45) is 0 Å². The number of methoxy groups -OCH3 is 1. The number of hydrogen-bond donors (Lipinski definition) is 2. The van der Waals surface area contributed by atoms with Crippen LogP contribution in [0.25, 0.3) is 6.08 Å². The molecule has 0 saturated carbocycles. The second-order valence-corrected chi connectivity index (χ2v) is 7.79. The molecular formula is C24H19FINO5. The monoisotopic (exact) mass is 547 g/mol. The van der Waals surface area contributed by atoms with Crippen LogP contribution in [0.1, 0.15) is 21.5 Å². The second-order valence-electron chi connectivity index (χ2n) is 6.63. The van der Waals surface area contributed by atoms with Gasteiger partial charge in [0.05, 0.1) is 10.7 Å². The number of carboxylic acids is 1. The molecule has 0 radical (unpaired) electrons. The highest BCUT2D eigenvalue weighted by molar-refractivity contribution is 14.1. The van der Waals surface area contributed by atoms with Gasteiger partial charge in [0.25, 0.3) is 5.91 Å². The Kier molecular flexibility index (Phi) is 7.82. The summed E-state index contributed by atoms with van der Waals surface area (Å²) in [7, 11) is 1.47. The minimum atomic E-state index is -1.28. The zero-order valence-corrected chi connectivity index (χ0v) is 19.1. The summed E-state index contributed by atoms with van der Waals surface area (Å²) in [6.07, 6.45) is 1.34. The van der Waals surface area contributed by atoms with Crippen LogP contribution in [0.4, 0.5) is 4.39 Å². The third-order valence-electron chi connectivity index (χ3n) is 4.37. The maximum absolute atomic E-state index is 13.1. The van der Waals surface area contributed by atoms with Crippen molar-refractivity contribution >= 4 is 40.5 Å². The molecule has 164 valence electrons. The summed E-state index contributed by atoms with van der Waals surface area (Å²) in [6, 6.07) is 17.6. The predicted octanol–water partition coefficient (Wildman–Crippen LogP) is 4.87. The molecule has 2 N–H and O–H groups in total. The number of hydrogen-bond acceptors (Lipinski definition) is 4. The molecule has 8 heteroatoms. The normalized spacial score (nSPS) is 11.0. The number of benzene rings is 3. The number of halogens is 2. The first-order valence-corrected chi connectivity index (χ1v) is 10.5. The molecule has 32 heavy (non-hydrogen) atoms. The second kappa shape index (κ2) is 10.8. The van der Waals surface area contributed by atoms with Crippen molar-refractivity contribution in [1.82, 2.24) is 5.32 Å². The van der Waals surface area contributed by atoms with Crippen LogP contribution < -0.4 is 14.8 Å². The molecule has 1 amide bonds. The smallest absolute Gasteiger partial charge is 0.352 e. The molecule has 3 aromatic rings. The molecule has 3 aromatic carbocycles. The van der Waals surface area contributed by atoms with E-state index in [9.17, 15) is 19.1 Å². The Morgan fingerprint density at radius 3 is 2.41 bits per heavy atom. The van der Waals surface area contributed by atoms with Gasteiger partial charge in [-0.1, -0.05) is 30.3 Å². The van der Waals surface area contributed by atoms with Gasteiger partial charge in [-0.15, -0.1) is 0 Å². The molecule has 0 atom stereocenters. The maximum Gasteiger partial charge on any atom is 0.352 e. The highest BCUT2D eigenvalue weighted by atomic mass is 127. The lowest BCUT2D eigenvalue weighted by Crippen LogP contribution is -2.27. The van der Waals surface area contributed by atoms with Crippen LogP contribution in [0.5, 0.6) is 11.5 Å². The van der Waals surface area contributed by atoms with Gasteiger partial charge >= 0.3 is 5.97 Å². The quantitative estimate of drug-likeness (QED) is 0.311. The number of aliphatic carboxylic acids is 1. The largest absolute Gasteiger partial charge is 0.493 e. The zero-order valence-electron chi connectivity index (χ0n) is 17.0. The fourth-order valence-electron chi connectivity index (χ4n) is 2.80. The summed E-state index contributed by atoms with van der Waals surface area (Å²) in [5.41, 5.74) is 1.35. The number of carbonyl (C=O) groups excluding carboxylic acids is 1. The van der Waals surface area contributed by atoms with E-state index in [0.717, 1.165) is 5.56 Å². The third-order valence-corrected chi connectivity index (χ3v) is 5.18. The van der Waals surface area contributed by atoms with Crippen molar-refractivity contribution in [3.05, 3.63) is 98.5 Å². The predicted molar refractivity (Wildman–Crippen MR) is 126 cm³/mol. The number of ether oxygens (including phenoxy) is 2. The number of carbonyl (C=O) groups is 2. The van der Waals surface area contributed by atoms with Gasteiger partial charge in [-0.05, 0) is 76.2 Å². The van der Waals surface area contributed by atoms with Crippen molar-refractivity contribution in [2.45, 2.75) is 6.61 Å². The minimum Gasteiger partial charge on any atom is -0.493 e. The molecular weight excluding hydrogens is 528 g/mol. The lowest BCUT2D eigenvalue weighted by molar-refractivity contribution is -0.132. The molecule has 0 aliphatic heterocycles. The van der Waals surface area contributed by atoms with Gasteiger partial charge in [-0.2, -0.15) is 0 Å². The summed E-state index contributed by atoms with van der Waals surface area (Å²) in [5, 5.41) is 12.0. The molecule has 3 rings (SSSR count). The minimum absolute atomic E-state index is 0.204. The third kappa shape index (κ3) is 6.07. The van der Waals surface area contributed by atoms with Crippen LogP contribution in [0.2, 0.25) is 0 Å². The van der Waals surface area contributed by atoms with Crippen molar-refractivity contribution in [3.63, 3.8) is 0 Å². The van der Waals surface area contributed by atoms with Crippen LogP contribution >= 0.6 is 22.6 Å². The van der Waals surface area contributed by atoms with Gasteiger partial charge in [0.15, 0.2) is 11.5 Å². The Morgan fingerprint density at radius 2 is 1.78 bits per heavy atom. The average Bonchev–Trinajstić information content (AvgIpc) is 2.79. The highest BCUT2D eigenvalue weighted by Crippen LogP contribution is 2.35. The highest BCUT2D eigenvalue weighted by Gasteiger charge is 2.16. The van der Waals surface area contributed by atoms with E-state index in [1.165, 1.54) is 25.3 Å². The summed E-state index contributed by atoms with van der Waals surface area (Å²) >= 11 is 2.05. The van der Waals surface area contributed by atoms with Gasteiger partial charge in [-0.3, -0.25) is 4.79 Å². The van der Waals surface area contributed by atoms with E-state index in [-0.39, 0.29) is 18.1 Å². The first-order valence-electron chi connectivity index (χ1n) is 9.43. The SMILES string of the molecule is COc1cc(/C=C(/NC(=O)c2ccccc2)C(=O)O)cc(I)c1OCc1ccc(F)cc1. The lowest BCUT2D eigenvalue weighted by atomic mass is 10.1. The Bertz CT molecular complexity index is 1150. The van der Waals surface area contributed by atoms with E-state index in [2.05, 4.69) is 27.9 Å². The van der Waals surface area contributed by atoms with E-state index in [0.29, 0.717) is 26.2 Å². The summed E-state index contributed by atoms with van der Waals surface area (Å²) in [4.78, 5) is 24.0. The Morgan fingerprint density at radius 1 is 1.09 bits per heavy atom. The number of amides is 1. The Hall–Kier alpha value is -3.40. The Labute approximate surface area is 197 Å². The first kappa shape index (κ1) is 23.3. The number of nitrogens with one attached hydrogen (secondary N) is 1. The molecule has 0 unspecified atom stereocenters. The van der Waals surface area contributed by atoms with Crippen LogP contribution in [0.3, 0.4) is 0 Å². The van der Waals surface area contributed by atoms with E-state index >= 15 is 0 Å². The van der Waals surface area contributed by atoms with Crippen LogP contribution in [0.15, 0.2) is 72.4 Å². The van der Waals surface area contributed by atoms with Gasteiger partial charge in [0.2, 0.25) is 0 Å². The molecule has 0 aliphatic rings. The number of carboxylic acid groups (broad SMARTS) is 1. The summed E-state index contributed by atoms with van der Waals surface area (Å²) < 4.78 is 25.0. The number of rotatable bonds is 8. The van der Waals surface area contributed by atoms with Crippen LogP contribution in [-0.2, 0) is 11.4 Å². The van der Waals surface area contributed by atoms with E-state index in [4.69, 9.17) is 9.47 Å². The van der Waals surface area contributed by atoms with Gasteiger partial charge in [0, 0.05) is 5.56 Å². The van der Waals surface area contributed by atoms with Gasteiger partial charge in [-0.25, -0.2) is 9.18 Å². The summed E-state index contributed by atoms with van der Waals surface area (Å²) in [5.74, 6) is -1.27. The van der Waals surface area contributed by atoms with Crippen molar-refractivity contribution < 1.29 is 28.6 Å². The lowest BCUT2D eigenvalue weighted by Gasteiger charge is -2.14. The van der Waals surface area contributed by atoms with Crippen molar-refractivity contribution in [3.8, 4) is 11.5 Å². The van der Waals surface area contributed by atoms with Gasteiger partial charge < -0.3 is 19.9 Å². The van der Waals surface area contributed by atoms with Gasteiger partial charge in [0.1, 0.15) is 18.1 Å². The standard InChI is InChI=1S/C24H19FINO5/c1-31-21-13-16(11-19(26)22(21)32-14-15-7-9-18(25)10-8-15)12-20(24(29)30)27-23(28)17-5-3-2-4-6-17/h2-13H,14H2,1H3,(H,27,28)(H,29,30)/b20-12+. The van der Waals surface area contributed by atoms with E-state index in [1.807, 2.05) is 0 Å². The average molecular weight is 547 g/mol. The Balaban J connectivity index is 1.83. The topological polar surface area (TPSA) is 84.9 Å². The first-order chi connectivity index (χ1) is 15.4. The van der Waals surface area contributed by atoms with Crippen LogP contribution in [0, 0.1) is 9.39 Å². The fourth-order valence-corrected chi connectivity index (χ4v) is 3.58.